The van der Waals surface area contributed by atoms with Gasteiger partial charge in [0.1, 0.15) is 17.8 Å². The van der Waals surface area contributed by atoms with E-state index in [2.05, 4.69) is 65.7 Å². The van der Waals surface area contributed by atoms with Crippen LogP contribution in [0.5, 0.6) is 0 Å². The van der Waals surface area contributed by atoms with E-state index in [0.717, 1.165) is 72.9 Å². The maximum Gasteiger partial charge on any atom is 0.143 e. The summed E-state index contributed by atoms with van der Waals surface area (Å²) in [6.07, 6.45) is 6.88. The fraction of sp³-hybridized carbons (Fsp3) is 0.556. The summed E-state index contributed by atoms with van der Waals surface area (Å²) < 4.78 is 5.50. The molecular formula is C27H37N7O. The Balaban J connectivity index is 1.06. The van der Waals surface area contributed by atoms with E-state index in [4.69, 9.17) is 4.74 Å². The zero-order valence-electron chi connectivity index (χ0n) is 20.5. The molecule has 3 saturated heterocycles. The van der Waals surface area contributed by atoms with Gasteiger partial charge in [0.2, 0.25) is 0 Å². The molecule has 0 saturated carbocycles. The summed E-state index contributed by atoms with van der Waals surface area (Å²) in [7, 11) is 0. The molecule has 8 nitrogen and oxygen atoms in total. The highest BCUT2D eigenvalue weighted by Gasteiger charge is 2.26. The van der Waals surface area contributed by atoms with Crippen LogP contribution in [-0.2, 0) is 4.74 Å². The van der Waals surface area contributed by atoms with Crippen molar-refractivity contribution in [1.29, 1.82) is 0 Å². The lowest BCUT2D eigenvalue weighted by Crippen LogP contribution is -2.47. The summed E-state index contributed by atoms with van der Waals surface area (Å²) in [6, 6.07) is 11.7. The average molecular weight is 476 g/mol. The van der Waals surface area contributed by atoms with Crippen molar-refractivity contribution in [3.63, 3.8) is 0 Å². The Morgan fingerprint density at radius 3 is 2.49 bits per heavy atom. The van der Waals surface area contributed by atoms with Crippen molar-refractivity contribution in [3.8, 4) is 11.3 Å². The molecular weight excluding hydrogens is 438 g/mol. The highest BCUT2D eigenvalue weighted by atomic mass is 16.5. The second-order valence-corrected chi connectivity index (χ2v) is 10.2. The largest absolute Gasteiger partial charge is 0.385 e. The summed E-state index contributed by atoms with van der Waals surface area (Å²) in [5.41, 5.74) is 4.32. The van der Waals surface area contributed by atoms with Gasteiger partial charge in [-0.15, -0.1) is 0 Å². The highest BCUT2D eigenvalue weighted by molar-refractivity contribution is 5.92. The standard InChI is InChI=1S/C27H37N7O/c1-3-22(29-18-20-7-11-33(12-8-20)23-5-9-28-10-6-23)4-2-21(1)25-17-24-26(32-25)30-19-31-27(24)34-13-15-35-16-14-34/h1-4,17,19-20,23,28-29H,5-16,18H2,(H,30,31,32). The molecule has 1 aromatic carbocycles. The first kappa shape index (κ1) is 22.8. The van der Waals surface area contributed by atoms with E-state index < -0.39 is 0 Å². The number of aromatic amines is 1. The molecule has 3 aliphatic rings. The molecule has 35 heavy (non-hydrogen) atoms. The van der Waals surface area contributed by atoms with Crippen molar-refractivity contribution in [3.05, 3.63) is 36.7 Å². The van der Waals surface area contributed by atoms with Crippen molar-refractivity contribution in [2.45, 2.75) is 31.7 Å². The minimum absolute atomic E-state index is 0.745. The van der Waals surface area contributed by atoms with E-state index in [1.54, 1.807) is 6.33 Å². The number of rotatable bonds is 6. The number of nitrogens with zero attached hydrogens (tertiary/aromatic N) is 4. The van der Waals surface area contributed by atoms with Crippen LogP contribution in [0.1, 0.15) is 25.7 Å². The Hall–Kier alpha value is -2.68. The van der Waals surface area contributed by atoms with Gasteiger partial charge in [-0.05, 0) is 81.5 Å². The van der Waals surface area contributed by atoms with E-state index in [1.807, 2.05) is 0 Å². The number of aromatic nitrogens is 3. The van der Waals surface area contributed by atoms with Gasteiger partial charge in [-0.2, -0.15) is 0 Å². The van der Waals surface area contributed by atoms with E-state index in [-0.39, 0.29) is 0 Å². The van der Waals surface area contributed by atoms with E-state index in [0.29, 0.717) is 0 Å². The zero-order chi connectivity index (χ0) is 23.5. The van der Waals surface area contributed by atoms with Crippen LogP contribution >= 0.6 is 0 Å². The number of morpholine rings is 1. The number of hydrogen-bond donors (Lipinski definition) is 3. The van der Waals surface area contributed by atoms with Crippen molar-refractivity contribution in [1.82, 2.24) is 25.2 Å². The predicted molar refractivity (Wildman–Crippen MR) is 141 cm³/mol. The first-order valence-corrected chi connectivity index (χ1v) is 13.3. The van der Waals surface area contributed by atoms with Gasteiger partial charge in [-0.25, -0.2) is 9.97 Å². The lowest BCUT2D eigenvalue weighted by Gasteiger charge is -2.39. The molecule has 0 unspecified atom stereocenters. The zero-order valence-corrected chi connectivity index (χ0v) is 20.5. The second kappa shape index (κ2) is 10.5. The average Bonchev–Trinajstić information content (AvgIpc) is 3.38. The molecule has 0 aliphatic carbocycles. The van der Waals surface area contributed by atoms with Crippen LogP contribution in [0.15, 0.2) is 36.7 Å². The molecule has 2 aromatic heterocycles. The van der Waals surface area contributed by atoms with Crippen LogP contribution in [0, 0.1) is 5.92 Å². The number of fused-ring (bicyclic) bond motifs is 1. The summed E-state index contributed by atoms with van der Waals surface area (Å²) in [5, 5.41) is 8.25. The Morgan fingerprint density at radius 1 is 0.943 bits per heavy atom. The minimum Gasteiger partial charge on any atom is -0.385 e. The van der Waals surface area contributed by atoms with E-state index in [1.165, 1.54) is 57.5 Å². The van der Waals surface area contributed by atoms with Gasteiger partial charge in [0.05, 0.1) is 18.6 Å². The Kier molecular flexibility index (Phi) is 6.84. The summed E-state index contributed by atoms with van der Waals surface area (Å²) in [5.74, 6) is 1.75. The summed E-state index contributed by atoms with van der Waals surface area (Å²) >= 11 is 0. The molecule has 0 bridgehead atoms. The number of anilines is 2. The molecule has 6 rings (SSSR count). The quantitative estimate of drug-likeness (QED) is 0.505. The number of piperidine rings is 2. The van der Waals surface area contributed by atoms with Gasteiger partial charge in [-0.3, -0.25) is 0 Å². The molecule has 3 aromatic rings. The number of ether oxygens (including phenoxy) is 1. The lowest BCUT2D eigenvalue weighted by molar-refractivity contribution is 0.114. The van der Waals surface area contributed by atoms with Gasteiger partial charge in [0.25, 0.3) is 0 Å². The third-order valence-electron chi connectivity index (χ3n) is 7.98. The minimum atomic E-state index is 0.745. The van der Waals surface area contributed by atoms with Crippen molar-refractivity contribution >= 4 is 22.5 Å². The van der Waals surface area contributed by atoms with E-state index >= 15 is 0 Å². The molecule has 8 heteroatoms. The van der Waals surface area contributed by atoms with Crippen LogP contribution in [0.4, 0.5) is 11.5 Å². The number of nitrogens with one attached hydrogen (secondary N) is 3. The molecule has 3 N–H and O–H groups in total. The van der Waals surface area contributed by atoms with E-state index in [9.17, 15) is 0 Å². The fourth-order valence-electron chi connectivity index (χ4n) is 5.83. The van der Waals surface area contributed by atoms with Crippen LogP contribution < -0.4 is 15.5 Å². The van der Waals surface area contributed by atoms with Crippen molar-refractivity contribution < 1.29 is 4.74 Å². The Labute approximate surface area is 207 Å². The maximum atomic E-state index is 5.50. The second-order valence-electron chi connectivity index (χ2n) is 10.2. The summed E-state index contributed by atoms with van der Waals surface area (Å²) in [4.78, 5) is 17.6. The van der Waals surface area contributed by atoms with Gasteiger partial charge in [0.15, 0.2) is 0 Å². The SMILES string of the molecule is c1nc(N2CCOCC2)c2cc(-c3ccc(NCC4CCN(C5CCNCC5)CC4)cc3)[nH]c2n1. The van der Waals surface area contributed by atoms with Gasteiger partial charge >= 0.3 is 0 Å². The molecule has 0 radical (unpaired) electrons. The third kappa shape index (κ3) is 5.15. The van der Waals surface area contributed by atoms with Crippen LogP contribution in [0.2, 0.25) is 0 Å². The number of benzene rings is 1. The van der Waals surface area contributed by atoms with Crippen LogP contribution in [0.25, 0.3) is 22.3 Å². The number of hydrogen-bond acceptors (Lipinski definition) is 7. The lowest BCUT2D eigenvalue weighted by atomic mass is 9.93. The maximum absolute atomic E-state index is 5.50. The normalized spacial score (nSPS) is 21.0. The molecule has 5 heterocycles. The molecule has 186 valence electrons. The smallest absolute Gasteiger partial charge is 0.143 e. The summed E-state index contributed by atoms with van der Waals surface area (Å²) in [6.45, 7) is 9.16. The molecule has 3 fully saturated rings. The van der Waals surface area contributed by atoms with Crippen LogP contribution in [0.3, 0.4) is 0 Å². The van der Waals surface area contributed by atoms with Crippen molar-refractivity contribution in [2.24, 2.45) is 5.92 Å². The molecule has 0 atom stereocenters. The monoisotopic (exact) mass is 475 g/mol. The van der Waals surface area contributed by atoms with Gasteiger partial charge < -0.3 is 30.2 Å². The molecule has 0 amide bonds. The fourth-order valence-corrected chi connectivity index (χ4v) is 5.83. The van der Waals surface area contributed by atoms with Gasteiger partial charge in [0, 0.05) is 37.1 Å². The first-order valence-electron chi connectivity index (χ1n) is 13.3. The Bertz CT molecular complexity index is 1090. The van der Waals surface area contributed by atoms with Gasteiger partial charge in [-0.1, -0.05) is 12.1 Å². The topological polar surface area (TPSA) is 81.3 Å². The predicted octanol–water partition coefficient (Wildman–Crippen LogP) is 3.34. The number of H-pyrrole nitrogens is 1. The molecule has 3 aliphatic heterocycles. The number of likely N-dealkylation sites (tertiary alicyclic amines) is 1. The highest BCUT2D eigenvalue weighted by Crippen LogP contribution is 2.30. The van der Waals surface area contributed by atoms with Crippen molar-refractivity contribution in [2.75, 3.05) is 69.2 Å². The Morgan fingerprint density at radius 2 is 1.71 bits per heavy atom. The molecule has 0 spiro atoms. The van der Waals surface area contributed by atoms with Crippen LogP contribution in [-0.4, -0.2) is 84.9 Å². The first-order chi connectivity index (χ1) is 17.3. The third-order valence-corrected chi connectivity index (χ3v) is 7.98.